The van der Waals surface area contributed by atoms with Crippen molar-refractivity contribution in [2.75, 3.05) is 19.6 Å². The monoisotopic (exact) mass is 311 g/mol. The van der Waals surface area contributed by atoms with Gasteiger partial charge in [-0.05, 0) is 17.8 Å². The lowest BCUT2D eigenvalue weighted by Crippen LogP contribution is -2.45. The highest BCUT2D eigenvalue weighted by Crippen LogP contribution is 2.14. The summed E-state index contributed by atoms with van der Waals surface area (Å²) in [6.45, 7) is 13.0. The van der Waals surface area contributed by atoms with E-state index < -0.39 is 12.1 Å². The van der Waals surface area contributed by atoms with Gasteiger partial charge in [-0.25, -0.2) is 4.79 Å². The number of hydrogen-bond donors (Lipinski definition) is 1. The maximum absolute atomic E-state index is 12.5. The second kappa shape index (κ2) is 7.61. The number of rotatable bonds is 7. The summed E-state index contributed by atoms with van der Waals surface area (Å²) in [5, 5.41) is 2.65. The van der Waals surface area contributed by atoms with Gasteiger partial charge in [-0.3, -0.25) is 14.5 Å². The van der Waals surface area contributed by atoms with Gasteiger partial charge < -0.3 is 10.2 Å². The van der Waals surface area contributed by atoms with Gasteiger partial charge in [0.25, 0.3) is 5.91 Å². The van der Waals surface area contributed by atoms with Gasteiger partial charge in [0, 0.05) is 13.1 Å². The van der Waals surface area contributed by atoms with Crippen LogP contribution in [0.5, 0.6) is 0 Å². The van der Waals surface area contributed by atoms with E-state index in [-0.39, 0.29) is 24.3 Å². The summed E-state index contributed by atoms with van der Waals surface area (Å²) < 4.78 is 0. The van der Waals surface area contributed by atoms with Crippen LogP contribution < -0.4 is 5.32 Å². The molecule has 1 rings (SSSR count). The number of imide groups is 1. The van der Waals surface area contributed by atoms with E-state index in [0.29, 0.717) is 24.9 Å². The fraction of sp³-hybridized carbons (Fsp3) is 0.812. The van der Waals surface area contributed by atoms with Crippen LogP contribution in [-0.4, -0.2) is 53.3 Å². The quantitative estimate of drug-likeness (QED) is 0.728. The van der Waals surface area contributed by atoms with Crippen molar-refractivity contribution in [1.82, 2.24) is 15.1 Å². The molecular weight excluding hydrogens is 282 g/mol. The van der Waals surface area contributed by atoms with Crippen LogP contribution in [0.15, 0.2) is 0 Å². The molecule has 22 heavy (non-hydrogen) atoms. The van der Waals surface area contributed by atoms with Crippen LogP contribution in [0.3, 0.4) is 0 Å². The molecule has 0 spiro atoms. The summed E-state index contributed by atoms with van der Waals surface area (Å²) in [5.74, 6) is 0.222. The van der Waals surface area contributed by atoms with E-state index in [4.69, 9.17) is 0 Å². The molecule has 0 aromatic heterocycles. The predicted molar refractivity (Wildman–Crippen MR) is 85.1 cm³/mol. The molecule has 0 saturated carbocycles. The number of carbonyl (C=O) groups is 3. The largest absolute Gasteiger partial charge is 0.341 e. The van der Waals surface area contributed by atoms with Crippen molar-refractivity contribution in [3.63, 3.8) is 0 Å². The summed E-state index contributed by atoms with van der Waals surface area (Å²) in [6.07, 6.45) is 0. The maximum Gasteiger partial charge on any atom is 0.325 e. The van der Waals surface area contributed by atoms with Crippen LogP contribution in [0.25, 0.3) is 0 Å². The number of hydrogen-bond acceptors (Lipinski definition) is 3. The molecule has 0 unspecified atom stereocenters. The fourth-order valence-corrected chi connectivity index (χ4v) is 2.54. The lowest BCUT2D eigenvalue weighted by Gasteiger charge is -2.27. The van der Waals surface area contributed by atoms with E-state index in [1.165, 1.54) is 0 Å². The third-order valence-electron chi connectivity index (χ3n) is 3.54. The molecule has 1 aliphatic rings. The Kier molecular flexibility index (Phi) is 6.38. The first kappa shape index (κ1) is 18.5. The smallest absolute Gasteiger partial charge is 0.325 e. The highest BCUT2D eigenvalue weighted by atomic mass is 16.2. The topological polar surface area (TPSA) is 69.7 Å². The number of carbonyl (C=O) groups excluding carboxylic acids is 3. The first-order valence-corrected chi connectivity index (χ1v) is 8.03. The van der Waals surface area contributed by atoms with Crippen molar-refractivity contribution in [3.05, 3.63) is 0 Å². The molecule has 0 aromatic carbocycles. The van der Waals surface area contributed by atoms with Gasteiger partial charge in [0.1, 0.15) is 12.6 Å². The van der Waals surface area contributed by atoms with Crippen molar-refractivity contribution >= 4 is 17.8 Å². The second-order valence-electron chi connectivity index (χ2n) is 7.18. The molecule has 1 heterocycles. The highest BCUT2D eigenvalue weighted by Gasteiger charge is 2.40. The number of nitrogens with zero attached hydrogens (tertiary/aromatic N) is 2. The zero-order chi connectivity index (χ0) is 17.0. The van der Waals surface area contributed by atoms with Crippen molar-refractivity contribution in [2.24, 2.45) is 17.8 Å². The first-order valence-electron chi connectivity index (χ1n) is 8.03. The Morgan fingerprint density at radius 1 is 1.09 bits per heavy atom. The third-order valence-corrected chi connectivity index (χ3v) is 3.54. The number of amides is 4. The Bertz CT molecular complexity index is 422. The zero-order valence-electron chi connectivity index (χ0n) is 14.5. The molecular formula is C16H29N3O3. The molecule has 0 radical (unpaired) electrons. The molecule has 0 aromatic rings. The lowest BCUT2D eigenvalue weighted by molar-refractivity contribution is -0.138. The predicted octanol–water partition coefficient (Wildman–Crippen LogP) is 1.70. The van der Waals surface area contributed by atoms with Gasteiger partial charge in [-0.15, -0.1) is 0 Å². The summed E-state index contributed by atoms with van der Waals surface area (Å²) in [5.41, 5.74) is 0. The second-order valence-corrected chi connectivity index (χ2v) is 7.18. The van der Waals surface area contributed by atoms with Crippen LogP contribution in [0, 0.1) is 17.8 Å². The molecule has 126 valence electrons. The molecule has 1 saturated heterocycles. The normalized spacial score (nSPS) is 18.6. The molecule has 0 aliphatic carbocycles. The maximum atomic E-state index is 12.5. The number of nitrogens with one attached hydrogen (secondary N) is 1. The molecule has 6 nitrogen and oxygen atoms in total. The van der Waals surface area contributed by atoms with Gasteiger partial charge >= 0.3 is 6.03 Å². The molecule has 1 atom stereocenters. The van der Waals surface area contributed by atoms with E-state index in [2.05, 4.69) is 5.32 Å². The Morgan fingerprint density at radius 2 is 1.59 bits per heavy atom. The van der Waals surface area contributed by atoms with Crippen LogP contribution in [0.4, 0.5) is 4.79 Å². The van der Waals surface area contributed by atoms with E-state index in [1.54, 1.807) is 4.90 Å². The first-order chi connectivity index (χ1) is 10.1. The van der Waals surface area contributed by atoms with Crippen LogP contribution in [0.2, 0.25) is 0 Å². The Hall–Kier alpha value is -1.59. The molecule has 4 amide bonds. The minimum atomic E-state index is -0.524. The van der Waals surface area contributed by atoms with Crippen molar-refractivity contribution in [2.45, 2.75) is 47.6 Å². The summed E-state index contributed by atoms with van der Waals surface area (Å²) >= 11 is 0. The Labute approximate surface area is 133 Å². The van der Waals surface area contributed by atoms with E-state index in [0.717, 1.165) is 4.90 Å². The minimum absolute atomic E-state index is 0.0129. The minimum Gasteiger partial charge on any atom is -0.341 e. The molecule has 0 bridgehead atoms. The van der Waals surface area contributed by atoms with E-state index in [9.17, 15) is 14.4 Å². The average molecular weight is 311 g/mol. The van der Waals surface area contributed by atoms with Crippen molar-refractivity contribution < 1.29 is 14.4 Å². The standard InChI is InChI=1S/C16H29N3O3/c1-10(2)7-18(8-11(3)4)13(20)9-19-15(21)14(12(5)6)17-16(19)22/h10-12,14H,7-9H2,1-6H3,(H,17,22)/t14-/m0/s1. The number of urea groups is 1. The van der Waals surface area contributed by atoms with Gasteiger partial charge in [-0.2, -0.15) is 0 Å². The van der Waals surface area contributed by atoms with Crippen LogP contribution >= 0.6 is 0 Å². The Balaban J connectivity index is 2.76. The van der Waals surface area contributed by atoms with Crippen molar-refractivity contribution in [1.29, 1.82) is 0 Å². The van der Waals surface area contributed by atoms with E-state index in [1.807, 2.05) is 41.5 Å². The molecule has 1 fully saturated rings. The van der Waals surface area contributed by atoms with Gasteiger partial charge in [0.15, 0.2) is 0 Å². The van der Waals surface area contributed by atoms with Crippen molar-refractivity contribution in [3.8, 4) is 0 Å². The zero-order valence-corrected chi connectivity index (χ0v) is 14.5. The molecule has 1 aliphatic heterocycles. The highest BCUT2D eigenvalue weighted by molar-refractivity contribution is 6.06. The lowest BCUT2D eigenvalue weighted by atomic mass is 10.1. The third kappa shape index (κ3) is 4.71. The van der Waals surface area contributed by atoms with Gasteiger partial charge in [-0.1, -0.05) is 41.5 Å². The van der Waals surface area contributed by atoms with Crippen LogP contribution in [0.1, 0.15) is 41.5 Å². The Morgan fingerprint density at radius 3 is 1.95 bits per heavy atom. The van der Waals surface area contributed by atoms with E-state index >= 15 is 0 Å². The molecule has 1 N–H and O–H groups in total. The summed E-state index contributed by atoms with van der Waals surface area (Å²) in [6, 6.07) is -0.991. The van der Waals surface area contributed by atoms with Crippen LogP contribution in [-0.2, 0) is 9.59 Å². The summed E-state index contributed by atoms with van der Waals surface area (Å²) in [7, 11) is 0. The van der Waals surface area contributed by atoms with Gasteiger partial charge in [0.2, 0.25) is 5.91 Å². The summed E-state index contributed by atoms with van der Waals surface area (Å²) in [4.78, 5) is 39.4. The average Bonchev–Trinajstić information content (AvgIpc) is 2.65. The SMILES string of the molecule is CC(C)CN(CC(C)C)C(=O)CN1C(=O)N[C@@H](C(C)C)C1=O. The fourth-order valence-electron chi connectivity index (χ4n) is 2.54. The van der Waals surface area contributed by atoms with Gasteiger partial charge in [0.05, 0.1) is 0 Å². The molecule has 6 heteroatoms.